The molecule has 0 fully saturated rings. The van der Waals surface area contributed by atoms with E-state index in [2.05, 4.69) is 16.7 Å². The van der Waals surface area contributed by atoms with Gasteiger partial charge in [-0.25, -0.2) is 0 Å². The lowest BCUT2D eigenvalue weighted by atomic mass is 10.1. The van der Waals surface area contributed by atoms with Gasteiger partial charge in [0, 0.05) is 24.2 Å². The van der Waals surface area contributed by atoms with Gasteiger partial charge in [-0.1, -0.05) is 42.5 Å². The largest absolute Gasteiger partial charge is 0.508 e. The maximum atomic E-state index is 9.91. The highest BCUT2D eigenvalue weighted by atomic mass is 16.3. The average molecular weight is 334 g/mol. The van der Waals surface area contributed by atoms with E-state index in [-0.39, 0.29) is 11.5 Å². The van der Waals surface area contributed by atoms with Crippen LogP contribution in [0.15, 0.2) is 66.7 Å². The number of anilines is 2. The lowest BCUT2D eigenvalue weighted by Gasteiger charge is -2.16. The predicted octanol–water partition coefficient (Wildman–Crippen LogP) is 4.63. The van der Waals surface area contributed by atoms with Gasteiger partial charge in [-0.3, -0.25) is 0 Å². The van der Waals surface area contributed by atoms with Crippen LogP contribution >= 0.6 is 0 Å². The molecule has 3 aromatic carbocycles. The Bertz CT molecular complexity index is 862. The van der Waals surface area contributed by atoms with Gasteiger partial charge in [-0.2, -0.15) is 0 Å². The Kier molecular flexibility index (Phi) is 5.09. The van der Waals surface area contributed by atoms with Crippen LogP contribution in [0, 0.1) is 6.92 Å². The molecule has 0 saturated carbocycles. The Morgan fingerprint density at radius 1 is 0.680 bits per heavy atom. The molecule has 0 saturated heterocycles. The molecule has 128 valence electrons. The van der Waals surface area contributed by atoms with Crippen LogP contribution in [0.25, 0.3) is 0 Å². The molecule has 0 atom stereocenters. The maximum Gasteiger partial charge on any atom is 0.120 e. The Hall–Kier alpha value is -3.14. The van der Waals surface area contributed by atoms with Crippen molar-refractivity contribution in [2.45, 2.75) is 20.0 Å². The fourth-order valence-corrected chi connectivity index (χ4v) is 2.66. The minimum absolute atomic E-state index is 0.283. The van der Waals surface area contributed by atoms with Crippen molar-refractivity contribution in [2.75, 3.05) is 10.6 Å². The number of nitrogens with one attached hydrogen (secondary N) is 2. The van der Waals surface area contributed by atoms with E-state index < -0.39 is 0 Å². The van der Waals surface area contributed by atoms with Crippen molar-refractivity contribution in [3.63, 3.8) is 0 Å². The number of aryl methyl sites for hydroxylation is 1. The topological polar surface area (TPSA) is 64.5 Å². The first-order valence-electron chi connectivity index (χ1n) is 8.25. The van der Waals surface area contributed by atoms with E-state index in [1.165, 1.54) is 0 Å². The number of rotatable bonds is 6. The molecule has 0 spiro atoms. The third kappa shape index (κ3) is 4.23. The van der Waals surface area contributed by atoms with Crippen molar-refractivity contribution in [2.24, 2.45) is 0 Å². The first-order chi connectivity index (χ1) is 12.1. The van der Waals surface area contributed by atoms with Gasteiger partial charge in [0.1, 0.15) is 11.5 Å². The average Bonchev–Trinajstić information content (AvgIpc) is 2.61. The minimum Gasteiger partial charge on any atom is -0.508 e. The van der Waals surface area contributed by atoms with Gasteiger partial charge in [0.05, 0.1) is 11.4 Å². The number of aromatic hydroxyl groups is 2. The first kappa shape index (κ1) is 16.7. The molecule has 0 radical (unpaired) electrons. The van der Waals surface area contributed by atoms with Crippen LogP contribution in [-0.2, 0) is 13.1 Å². The molecule has 4 nitrogen and oxygen atoms in total. The highest BCUT2D eigenvalue weighted by molar-refractivity contribution is 5.70. The number of para-hydroxylation sites is 2. The summed E-state index contributed by atoms with van der Waals surface area (Å²) in [5, 5.41) is 26.6. The van der Waals surface area contributed by atoms with Crippen LogP contribution in [0.5, 0.6) is 11.5 Å². The highest BCUT2D eigenvalue weighted by Crippen LogP contribution is 2.27. The summed E-state index contributed by atoms with van der Waals surface area (Å²) in [4.78, 5) is 0. The molecular weight excluding hydrogens is 312 g/mol. The van der Waals surface area contributed by atoms with Crippen LogP contribution < -0.4 is 10.6 Å². The lowest BCUT2D eigenvalue weighted by molar-refractivity contribution is 0.468. The Balaban J connectivity index is 1.74. The number of hydrogen-bond donors (Lipinski definition) is 4. The van der Waals surface area contributed by atoms with Crippen molar-refractivity contribution in [3.8, 4) is 11.5 Å². The zero-order valence-electron chi connectivity index (χ0n) is 14.2. The summed E-state index contributed by atoms with van der Waals surface area (Å²) in [6.07, 6.45) is 0. The molecule has 0 aromatic heterocycles. The number of benzene rings is 3. The molecule has 3 aromatic rings. The number of phenolic OH excluding ortho intramolecular Hbond substituents is 2. The quantitative estimate of drug-likeness (QED) is 0.531. The fraction of sp³-hybridized carbons (Fsp3) is 0.143. The second kappa shape index (κ2) is 7.62. The van der Waals surface area contributed by atoms with E-state index in [1.807, 2.05) is 55.5 Å². The molecule has 0 aliphatic carbocycles. The lowest BCUT2D eigenvalue weighted by Crippen LogP contribution is -2.06. The summed E-state index contributed by atoms with van der Waals surface area (Å²) in [6, 6.07) is 20.7. The summed E-state index contributed by atoms with van der Waals surface area (Å²) < 4.78 is 0. The van der Waals surface area contributed by atoms with Gasteiger partial charge in [0.2, 0.25) is 0 Å². The standard InChI is InChI=1S/C21H22N2O2/c1-15-10-11-18(22-13-16-6-2-4-8-20(16)24)19(12-15)23-14-17-7-3-5-9-21(17)25/h2-12,22-25H,13-14H2,1H3. The molecule has 0 amide bonds. The van der Waals surface area contributed by atoms with Gasteiger partial charge in [-0.15, -0.1) is 0 Å². The van der Waals surface area contributed by atoms with Crippen LogP contribution in [0.1, 0.15) is 16.7 Å². The van der Waals surface area contributed by atoms with Crippen molar-refractivity contribution in [1.29, 1.82) is 0 Å². The van der Waals surface area contributed by atoms with Gasteiger partial charge in [0.15, 0.2) is 0 Å². The fourth-order valence-electron chi connectivity index (χ4n) is 2.66. The smallest absolute Gasteiger partial charge is 0.120 e. The molecule has 0 heterocycles. The van der Waals surface area contributed by atoms with Crippen LogP contribution in [0.4, 0.5) is 11.4 Å². The second-order valence-electron chi connectivity index (χ2n) is 6.01. The Morgan fingerprint density at radius 2 is 1.20 bits per heavy atom. The summed E-state index contributed by atoms with van der Waals surface area (Å²) in [7, 11) is 0. The minimum atomic E-state index is 0.283. The van der Waals surface area contributed by atoms with Gasteiger partial charge in [0.25, 0.3) is 0 Å². The maximum absolute atomic E-state index is 9.91. The normalized spacial score (nSPS) is 10.4. The molecule has 3 rings (SSSR count). The van der Waals surface area contributed by atoms with E-state index in [1.54, 1.807) is 12.1 Å². The Labute approximate surface area is 147 Å². The van der Waals surface area contributed by atoms with E-state index >= 15 is 0 Å². The molecule has 4 N–H and O–H groups in total. The van der Waals surface area contributed by atoms with Crippen LogP contribution in [-0.4, -0.2) is 10.2 Å². The molecule has 25 heavy (non-hydrogen) atoms. The first-order valence-corrected chi connectivity index (χ1v) is 8.25. The van der Waals surface area contributed by atoms with E-state index in [4.69, 9.17) is 0 Å². The van der Waals surface area contributed by atoms with Crippen LogP contribution in [0.3, 0.4) is 0 Å². The second-order valence-corrected chi connectivity index (χ2v) is 6.01. The number of phenols is 2. The van der Waals surface area contributed by atoms with E-state index in [9.17, 15) is 10.2 Å². The Morgan fingerprint density at radius 3 is 1.76 bits per heavy atom. The molecule has 0 aliphatic rings. The summed E-state index contributed by atoms with van der Waals surface area (Å²) in [5.74, 6) is 0.567. The summed E-state index contributed by atoms with van der Waals surface area (Å²) in [5.41, 5.74) is 4.74. The molecule has 0 aliphatic heterocycles. The van der Waals surface area contributed by atoms with E-state index in [0.717, 1.165) is 28.1 Å². The van der Waals surface area contributed by atoms with Crippen LogP contribution in [0.2, 0.25) is 0 Å². The SMILES string of the molecule is Cc1ccc(NCc2ccccc2O)c(NCc2ccccc2O)c1. The molecule has 0 unspecified atom stereocenters. The van der Waals surface area contributed by atoms with Gasteiger partial charge < -0.3 is 20.8 Å². The van der Waals surface area contributed by atoms with Crippen molar-refractivity contribution in [3.05, 3.63) is 83.4 Å². The monoisotopic (exact) mass is 334 g/mol. The van der Waals surface area contributed by atoms with E-state index in [0.29, 0.717) is 13.1 Å². The van der Waals surface area contributed by atoms with Gasteiger partial charge in [-0.05, 0) is 36.8 Å². The van der Waals surface area contributed by atoms with Gasteiger partial charge >= 0.3 is 0 Å². The summed E-state index contributed by atoms with van der Waals surface area (Å²) in [6.45, 7) is 3.10. The highest BCUT2D eigenvalue weighted by Gasteiger charge is 2.06. The van der Waals surface area contributed by atoms with Crippen molar-refractivity contribution >= 4 is 11.4 Å². The summed E-state index contributed by atoms with van der Waals surface area (Å²) >= 11 is 0. The molecule has 0 bridgehead atoms. The zero-order valence-corrected chi connectivity index (χ0v) is 14.2. The zero-order chi connectivity index (χ0) is 17.6. The predicted molar refractivity (Wildman–Crippen MR) is 102 cm³/mol. The van der Waals surface area contributed by atoms with Crippen molar-refractivity contribution in [1.82, 2.24) is 0 Å². The third-order valence-corrected chi connectivity index (χ3v) is 4.10. The van der Waals surface area contributed by atoms with Crippen molar-refractivity contribution < 1.29 is 10.2 Å². The molecular formula is C21H22N2O2. The number of hydrogen-bond acceptors (Lipinski definition) is 4. The third-order valence-electron chi connectivity index (χ3n) is 4.10. The molecule has 4 heteroatoms.